The van der Waals surface area contributed by atoms with Crippen LogP contribution in [0.15, 0.2) is 30.9 Å². The summed E-state index contributed by atoms with van der Waals surface area (Å²) in [6.07, 6.45) is 14.7. The van der Waals surface area contributed by atoms with Crippen molar-refractivity contribution in [3.8, 4) is 11.1 Å². The molecule has 0 atom stereocenters. The summed E-state index contributed by atoms with van der Waals surface area (Å²) in [6.45, 7) is 4.94. The van der Waals surface area contributed by atoms with Gasteiger partial charge in [0.2, 0.25) is 0 Å². The molecular formula is C23H32N6. The second-order valence-electron chi connectivity index (χ2n) is 9.06. The van der Waals surface area contributed by atoms with E-state index < -0.39 is 0 Å². The van der Waals surface area contributed by atoms with Gasteiger partial charge in [-0.1, -0.05) is 0 Å². The van der Waals surface area contributed by atoms with E-state index in [1.54, 1.807) is 0 Å². The summed E-state index contributed by atoms with van der Waals surface area (Å²) in [4.78, 5) is 13.2. The molecule has 154 valence electrons. The molecule has 1 saturated carbocycles. The number of hydrogen-bond donors (Lipinski definition) is 1. The van der Waals surface area contributed by atoms with Crippen molar-refractivity contribution in [3.63, 3.8) is 0 Å². The highest BCUT2D eigenvalue weighted by Gasteiger charge is 2.27. The molecule has 3 aromatic rings. The number of H-pyrrole nitrogens is 1. The first-order valence-corrected chi connectivity index (χ1v) is 11.0. The first kappa shape index (κ1) is 18.8. The Bertz CT molecular complexity index is 957. The topological polar surface area (TPSA) is 53.0 Å². The molecule has 0 amide bonds. The predicted molar refractivity (Wildman–Crippen MR) is 117 cm³/mol. The molecule has 1 saturated heterocycles. The number of hydrogen-bond acceptors (Lipinski definition) is 4. The van der Waals surface area contributed by atoms with Crippen molar-refractivity contribution in [2.45, 2.75) is 38.1 Å². The van der Waals surface area contributed by atoms with Crippen molar-refractivity contribution in [3.05, 3.63) is 36.4 Å². The average Bonchev–Trinajstić information content (AvgIpc) is 3.35. The Balaban J connectivity index is 1.24. The molecule has 1 aliphatic heterocycles. The summed E-state index contributed by atoms with van der Waals surface area (Å²) in [6, 6.07) is 3.15. The van der Waals surface area contributed by atoms with Gasteiger partial charge >= 0.3 is 0 Å². The van der Waals surface area contributed by atoms with Gasteiger partial charge in [0.25, 0.3) is 0 Å². The lowest BCUT2D eigenvalue weighted by molar-refractivity contribution is 0.0813. The van der Waals surface area contributed by atoms with Crippen LogP contribution in [0.1, 0.15) is 31.2 Å². The zero-order valence-electron chi connectivity index (χ0n) is 17.6. The van der Waals surface area contributed by atoms with E-state index in [1.165, 1.54) is 68.4 Å². The van der Waals surface area contributed by atoms with Crippen molar-refractivity contribution < 1.29 is 0 Å². The molecule has 2 fully saturated rings. The molecular weight excluding hydrogens is 360 g/mol. The van der Waals surface area contributed by atoms with E-state index in [9.17, 15) is 0 Å². The standard InChI is InChI=1S/C23H32N6/c1-27-7-9-29(10-8-27)20-5-3-17(4-6-20)11-18-12-21-22(15-25-23(21)24-13-18)19-14-26-28(2)16-19/h12-17,20H,3-11H2,1-2H3,(H,24,25). The monoisotopic (exact) mass is 392 g/mol. The average molecular weight is 393 g/mol. The SMILES string of the molecule is CN1CCN(C2CCC(Cc3cnc4[nH]cc(-c5cnn(C)c5)c4c3)CC2)CC1. The van der Waals surface area contributed by atoms with Crippen LogP contribution in [0.25, 0.3) is 22.2 Å². The number of fused-ring (bicyclic) bond motifs is 1. The molecule has 6 nitrogen and oxygen atoms in total. The van der Waals surface area contributed by atoms with Crippen LogP contribution in [-0.4, -0.2) is 68.8 Å². The second-order valence-corrected chi connectivity index (χ2v) is 9.06. The predicted octanol–water partition coefficient (Wildman–Crippen LogP) is 3.31. The summed E-state index contributed by atoms with van der Waals surface area (Å²) in [5.41, 5.74) is 4.67. The van der Waals surface area contributed by atoms with E-state index in [2.05, 4.69) is 51.6 Å². The quantitative estimate of drug-likeness (QED) is 0.740. The van der Waals surface area contributed by atoms with E-state index in [0.717, 1.165) is 29.6 Å². The zero-order valence-corrected chi connectivity index (χ0v) is 17.6. The fraction of sp³-hybridized carbons (Fsp3) is 0.565. The maximum Gasteiger partial charge on any atom is 0.137 e. The van der Waals surface area contributed by atoms with Gasteiger partial charge in [0, 0.05) is 74.4 Å². The molecule has 0 radical (unpaired) electrons. The number of piperazine rings is 1. The fourth-order valence-corrected chi connectivity index (χ4v) is 5.19. The molecule has 4 heterocycles. The Kier molecular flexibility index (Phi) is 5.14. The zero-order chi connectivity index (χ0) is 19.8. The molecule has 5 rings (SSSR count). The lowest BCUT2D eigenvalue weighted by Gasteiger charge is -2.41. The van der Waals surface area contributed by atoms with Crippen LogP contribution >= 0.6 is 0 Å². The number of aromatic amines is 1. The van der Waals surface area contributed by atoms with E-state index in [4.69, 9.17) is 4.98 Å². The van der Waals surface area contributed by atoms with Crippen molar-refractivity contribution >= 4 is 11.0 Å². The van der Waals surface area contributed by atoms with Crippen molar-refractivity contribution in [1.82, 2.24) is 29.5 Å². The Morgan fingerprint density at radius 2 is 1.83 bits per heavy atom. The fourth-order valence-electron chi connectivity index (χ4n) is 5.19. The number of nitrogens with zero attached hydrogens (tertiary/aromatic N) is 5. The summed E-state index contributed by atoms with van der Waals surface area (Å²) in [5, 5.41) is 5.53. The first-order chi connectivity index (χ1) is 14.2. The Morgan fingerprint density at radius 1 is 1.03 bits per heavy atom. The van der Waals surface area contributed by atoms with Gasteiger partial charge in [0.05, 0.1) is 6.20 Å². The number of likely N-dealkylation sites (N-methyl/N-ethyl adjacent to an activating group) is 1. The minimum absolute atomic E-state index is 0.791. The lowest BCUT2D eigenvalue weighted by atomic mass is 9.82. The van der Waals surface area contributed by atoms with E-state index >= 15 is 0 Å². The Labute approximate surface area is 172 Å². The van der Waals surface area contributed by atoms with Crippen LogP contribution in [0.4, 0.5) is 0 Å². The summed E-state index contributed by atoms with van der Waals surface area (Å²) in [5.74, 6) is 0.791. The molecule has 2 aliphatic rings. The van der Waals surface area contributed by atoms with Crippen LogP contribution in [0.5, 0.6) is 0 Å². The normalized spacial score (nSPS) is 24.3. The molecule has 0 aromatic carbocycles. The molecule has 0 unspecified atom stereocenters. The van der Waals surface area contributed by atoms with Crippen LogP contribution in [0, 0.1) is 5.92 Å². The first-order valence-electron chi connectivity index (χ1n) is 11.0. The van der Waals surface area contributed by atoms with Crippen LogP contribution in [0.3, 0.4) is 0 Å². The summed E-state index contributed by atoms with van der Waals surface area (Å²) >= 11 is 0. The highest BCUT2D eigenvalue weighted by atomic mass is 15.3. The van der Waals surface area contributed by atoms with Gasteiger partial charge in [-0.3, -0.25) is 9.58 Å². The highest BCUT2D eigenvalue weighted by Crippen LogP contribution is 2.32. The molecule has 1 aliphatic carbocycles. The minimum atomic E-state index is 0.791. The Hall–Kier alpha value is -2.18. The van der Waals surface area contributed by atoms with Crippen molar-refractivity contribution in [2.75, 3.05) is 33.2 Å². The van der Waals surface area contributed by atoms with E-state index in [0.29, 0.717) is 0 Å². The van der Waals surface area contributed by atoms with Gasteiger partial charge < -0.3 is 9.88 Å². The Morgan fingerprint density at radius 3 is 2.55 bits per heavy atom. The molecule has 0 bridgehead atoms. The molecule has 1 N–H and O–H groups in total. The molecule has 3 aromatic heterocycles. The van der Waals surface area contributed by atoms with Gasteiger partial charge in [-0.15, -0.1) is 0 Å². The lowest BCUT2D eigenvalue weighted by Crippen LogP contribution is -2.49. The smallest absolute Gasteiger partial charge is 0.137 e. The van der Waals surface area contributed by atoms with E-state index in [-0.39, 0.29) is 0 Å². The van der Waals surface area contributed by atoms with Crippen LogP contribution in [-0.2, 0) is 13.5 Å². The molecule has 6 heteroatoms. The van der Waals surface area contributed by atoms with Crippen LogP contribution in [0.2, 0.25) is 0 Å². The largest absolute Gasteiger partial charge is 0.346 e. The van der Waals surface area contributed by atoms with Crippen molar-refractivity contribution in [2.24, 2.45) is 13.0 Å². The maximum atomic E-state index is 4.70. The summed E-state index contributed by atoms with van der Waals surface area (Å²) < 4.78 is 1.85. The molecule has 29 heavy (non-hydrogen) atoms. The number of pyridine rings is 1. The van der Waals surface area contributed by atoms with Crippen molar-refractivity contribution in [1.29, 1.82) is 0 Å². The number of aryl methyl sites for hydroxylation is 1. The third-order valence-electron chi connectivity index (χ3n) is 7.00. The number of nitrogens with one attached hydrogen (secondary N) is 1. The van der Waals surface area contributed by atoms with Gasteiger partial charge in [0.1, 0.15) is 5.65 Å². The minimum Gasteiger partial charge on any atom is -0.346 e. The van der Waals surface area contributed by atoms with Gasteiger partial charge in [-0.05, 0) is 56.7 Å². The number of rotatable bonds is 4. The van der Waals surface area contributed by atoms with Gasteiger partial charge in [-0.2, -0.15) is 5.10 Å². The molecule has 0 spiro atoms. The van der Waals surface area contributed by atoms with Crippen LogP contribution < -0.4 is 0 Å². The highest BCUT2D eigenvalue weighted by molar-refractivity contribution is 5.93. The third kappa shape index (κ3) is 3.96. The van der Waals surface area contributed by atoms with Gasteiger partial charge in [0.15, 0.2) is 0 Å². The maximum absolute atomic E-state index is 4.70. The summed E-state index contributed by atoms with van der Waals surface area (Å²) in [7, 11) is 4.20. The second kappa shape index (κ2) is 7.92. The van der Waals surface area contributed by atoms with E-state index in [1.807, 2.05) is 17.9 Å². The third-order valence-corrected chi connectivity index (χ3v) is 7.00. The van der Waals surface area contributed by atoms with Gasteiger partial charge in [-0.25, -0.2) is 4.98 Å². The number of aromatic nitrogens is 4.